The van der Waals surface area contributed by atoms with Crippen molar-refractivity contribution in [3.63, 3.8) is 0 Å². The van der Waals surface area contributed by atoms with Gasteiger partial charge in [0.25, 0.3) is 0 Å². The van der Waals surface area contributed by atoms with Crippen LogP contribution in [0.2, 0.25) is 0 Å². The number of methoxy groups -OCH3 is 1. The van der Waals surface area contributed by atoms with E-state index in [4.69, 9.17) is 14.2 Å². The number of hydrogen-bond donors (Lipinski definition) is 4. The smallest absolute Gasteiger partial charge is 0.314 e. The van der Waals surface area contributed by atoms with E-state index in [1.807, 2.05) is 0 Å². The zero-order valence-electron chi connectivity index (χ0n) is 15.9. The number of carbonyl (C=O) groups excluding carboxylic acids is 1. The van der Waals surface area contributed by atoms with Gasteiger partial charge in [0, 0.05) is 5.56 Å². The third-order valence-corrected chi connectivity index (χ3v) is 5.70. The number of rotatable bonds is 5. The number of aliphatic hydroxyl groups excluding tert-OH is 3. The highest BCUT2D eigenvalue weighted by Gasteiger charge is 2.53. The quantitative estimate of drug-likeness (QED) is 0.418. The molecule has 156 valence electrons. The topological polar surface area (TPSA) is 126 Å². The van der Waals surface area contributed by atoms with E-state index in [1.165, 1.54) is 25.3 Å². The summed E-state index contributed by atoms with van der Waals surface area (Å²) in [5.74, 6) is -0.0982. The molecule has 0 amide bonds. The van der Waals surface area contributed by atoms with Crippen molar-refractivity contribution in [1.29, 1.82) is 0 Å². The highest BCUT2D eigenvalue weighted by molar-refractivity contribution is 5.75. The molecule has 8 nitrogen and oxygen atoms in total. The largest absolute Gasteiger partial charge is 0.496 e. The summed E-state index contributed by atoms with van der Waals surface area (Å²) in [7, 11) is 1.39. The van der Waals surface area contributed by atoms with Crippen LogP contribution in [0.5, 0.6) is 11.5 Å². The Kier molecular flexibility index (Phi) is 6.57. The Labute approximate surface area is 163 Å². The third kappa shape index (κ3) is 3.88. The van der Waals surface area contributed by atoms with E-state index in [2.05, 4.69) is 0 Å². The van der Waals surface area contributed by atoms with E-state index in [-0.39, 0.29) is 35.6 Å². The molecule has 1 heterocycles. The first-order valence-electron chi connectivity index (χ1n) is 9.63. The van der Waals surface area contributed by atoms with Crippen LogP contribution in [0.1, 0.15) is 37.7 Å². The van der Waals surface area contributed by atoms with Gasteiger partial charge in [-0.2, -0.15) is 0 Å². The van der Waals surface area contributed by atoms with E-state index in [0.717, 1.165) is 32.1 Å². The summed E-state index contributed by atoms with van der Waals surface area (Å²) in [6.07, 6.45) is 0.507. The van der Waals surface area contributed by atoms with Crippen molar-refractivity contribution in [1.82, 2.24) is 0 Å². The number of ether oxygens (including phenoxy) is 3. The fourth-order valence-corrected chi connectivity index (χ4v) is 4.04. The molecule has 1 aliphatic carbocycles. The molecule has 4 atom stereocenters. The SMILES string of the molecule is COc1ccc(OC(=O)C2CCCCC2)cc1[C@]1(O)[C@H](O)[C@@H](O)CO[C@@H]1CO. The van der Waals surface area contributed by atoms with Crippen molar-refractivity contribution in [3.8, 4) is 11.5 Å². The van der Waals surface area contributed by atoms with Crippen molar-refractivity contribution >= 4 is 5.97 Å². The molecule has 0 spiro atoms. The van der Waals surface area contributed by atoms with Gasteiger partial charge in [-0.3, -0.25) is 4.79 Å². The molecule has 2 aliphatic rings. The fraction of sp³-hybridized carbons (Fsp3) is 0.650. The molecular weight excluding hydrogens is 368 g/mol. The molecule has 1 aromatic rings. The molecule has 28 heavy (non-hydrogen) atoms. The standard InChI is InChI=1S/C20H28O8/c1-26-16-8-7-13(28-19(24)12-5-3-2-4-6-12)9-14(16)20(25)17(10-21)27-11-15(22)18(20)23/h7-9,12,15,17-18,21-23,25H,2-6,10-11H2,1H3/t15-,17+,18+,20+/m0/s1. The molecule has 0 unspecified atom stereocenters. The Morgan fingerprint density at radius 1 is 1.25 bits per heavy atom. The van der Waals surface area contributed by atoms with Crippen molar-refractivity contribution < 1.29 is 39.4 Å². The van der Waals surface area contributed by atoms with Gasteiger partial charge in [0.2, 0.25) is 0 Å². The number of aliphatic hydroxyl groups is 4. The second-order valence-electron chi connectivity index (χ2n) is 7.46. The summed E-state index contributed by atoms with van der Waals surface area (Å²) in [5, 5.41) is 41.4. The van der Waals surface area contributed by atoms with Crippen LogP contribution in [0.4, 0.5) is 0 Å². The first-order chi connectivity index (χ1) is 13.4. The third-order valence-electron chi connectivity index (χ3n) is 5.70. The van der Waals surface area contributed by atoms with Crippen LogP contribution >= 0.6 is 0 Å². The average Bonchev–Trinajstić information content (AvgIpc) is 2.72. The molecule has 3 rings (SSSR count). The van der Waals surface area contributed by atoms with Gasteiger partial charge in [0.1, 0.15) is 35.4 Å². The first kappa shape index (κ1) is 21.0. The van der Waals surface area contributed by atoms with Crippen LogP contribution in [0.3, 0.4) is 0 Å². The minimum absolute atomic E-state index is 0.0641. The van der Waals surface area contributed by atoms with Gasteiger partial charge in [-0.15, -0.1) is 0 Å². The van der Waals surface area contributed by atoms with E-state index < -0.39 is 30.5 Å². The highest BCUT2D eigenvalue weighted by Crippen LogP contribution is 2.42. The van der Waals surface area contributed by atoms with Gasteiger partial charge in [-0.1, -0.05) is 19.3 Å². The summed E-state index contributed by atoms with van der Waals surface area (Å²) >= 11 is 0. The van der Waals surface area contributed by atoms with Crippen LogP contribution < -0.4 is 9.47 Å². The summed E-state index contributed by atoms with van der Waals surface area (Å²) in [6, 6.07) is 4.42. The van der Waals surface area contributed by atoms with Gasteiger partial charge in [-0.05, 0) is 31.0 Å². The molecule has 0 aromatic heterocycles. The molecule has 4 N–H and O–H groups in total. The van der Waals surface area contributed by atoms with Crippen LogP contribution in [0, 0.1) is 5.92 Å². The monoisotopic (exact) mass is 396 g/mol. The molecule has 1 aromatic carbocycles. The first-order valence-corrected chi connectivity index (χ1v) is 9.63. The Balaban J connectivity index is 1.92. The number of esters is 1. The maximum atomic E-state index is 12.5. The Hall–Kier alpha value is -1.71. The van der Waals surface area contributed by atoms with Crippen molar-refractivity contribution in [2.75, 3.05) is 20.3 Å². The van der Waals surface area contributed by atoms with Crippen LogP contribution in [-0.2, 0) is 15.1 Å². The van der Waals surface area contributed by atoms with E-state index in [9.17, 15) is 25.2 Å². The minimum atomic E-state index is -2.15. The van der Waals surface area contributed by atoms with E-state index in [0.29, 0.717) is 0 Å². The van der Waals surface area contributed by atoms with Crippen molar-refractivity contribution in [3.05, 3.63) is 23.8 Å². The highest BCUT2D eigenvalue weighted by atomic mass is 16.5. The summed E-state index contributed by atoms with van der Waals surface area (Å²) < 4.78 is 16.1. The Morgan fingerprint density at radius 2 is 1.96 bits per heavy atom. The normalized spacial score (nSPS) is 31.4. The second kappa shape index (κ2) is 8.75. The maximum Gasteiger partial charge on any atom is 0.314 e. The molecule has 2 fully saturated rings. The molecule has 0 radical (unpaired) electrons. The van der Waals surface area contributed by atoms with Gasteiger partial charge in [0.05, 0.1) is 26.2 Å². The summed E-state index contributed by atoms with van der Waals surface area (Å²) in [5.41, 5.74) is -2.08. The molecular formula is C20H28O8. The van der Waals surface area contributed by atoms with E-state index >= 15 is 0 Å². The molecule has 1 aliphatic heterocycles. The minimum Gasteiger partial charge on any atom is -0.496 e. The predicted octanol–water partition coefficient (Wildman–Crippen LogP) is 0.481. The summed E-state index contributed by atoms with van der Waals surface area (Å²) in [6.45, 7) is -0.817. The summed E-state index contributed by atoms with van der Waals surface area (Å²) in [4.78, 5) is 12.5. The van der Waals surface area contributed by atoms with Gasteiger partial charge in [0.15, 0.2) is 0 Å². The molecule has 0 bridgehead atoms. The number of hydrogen-bond acceptors (Lipinski definition) is 8. The van der Waals surface area contributed by atoms with Crippen LogP contribution in [0.25, 0.3) is 0 Å². The van der Waals surface area contributed by atoms with E-state index in [1.54, 1.807) is 0 Å². The van der Waals surface area contributed by atoms with Crippen LogP contribution in [-0.4, -0.2) is 65.0 Å². The number of benzene rings is 1. The Bertz CT molecular complexity index is 683. The fourth-order valence-electron chi connectivity index (χ4n) is 4.04. The molecule has 8 heteroatoms. The zero-order chi connectivity index (χ0) is 20.3. The predicted molar refractivity (Wildman–Crippen MR) is 97.9 cm³/mol. The lowest BCUT2D eigenvalue weighted by atomic mass is 9.78. The number of carbonyl (C=O) groups is 1. The zero-order valence-corrected chi connectivity index (χ0v) is 15.9. The molecule has 1 saturated carbocycles. The average molecular weight is 396 g/mol. The maximum absolute atomic E-state index is 12.5. The van der Waals surface area contributed by atoms with Crippen LogP contribution in [0.15, 0.2) is 18.2 Å². The lowest BCUT2D eigenvalue weighted by molar-refractivity contribution is -0.255. The van der Waals surface area contributed by atoms with Crippen molar-refractivity contribution in [2.24, 2.45) is 5.92 Å². The van der Waals surface area contributed by atoms with Crippen molar-refractivity contribution in [2.45, 2.75) is 56.0 Å². The lowest BCUT2D eigenvalue weighted by Gasteiger charge is -2.45. The second-order valence-corrected chi connectivity index (χ2v) is 7.46. The lowest BCUT2D eigenvalue weighted by Crippen LogP contribution is -2.61. The molecule has 1 saturated heterocycles. The van der Waals surface area contributed by atoms with Gasteiger partial charge < -0.3 is 34.6 Å². The Morgan fingerprint density at radius 3 is 2.61 bits per heavy atom. The van der Waals surface area contributed by atoms with Gasteiger partial charge in [-0.25, -0.2) is 0 Å². The van der Waals surface area contributed by atoms with Gasteiger partial charge >= 0.3 is 5.97 Å².